The first-order chi connectivity index (χ1) is 14.6. The molecule has 0 amide bonds. The standard InChI is InChI=1S/C24H32N2O4/c1-4-29-24(27)21-15-25-22-17(3)16(2)5-6-20(22)23(21)26-11-7-18(8-12-26)30-19-9-13-28-14-10-19/h5-6,15,18-19H,4,7-14H2,1-3H3. The highest BCUT2D eigenvalue weighted by Crippen LogP contribution is 2.35. The lowest BCUT2D eigenvalue weighted by Crippen LogP contribution is -2.40. The fourth-order valence-corrected chi connectivity index (χ4v) is 4.49. The summed E-state index contributed by atoms with van der Waals surface area (Å²) in [5.41, 5.74) is 4.82. The van der Waals surface area contributed by atoms with Gasteiger partial charge in [-0.25, -0.2) is 4.79 Å². The number of carbonyl (C=O) groups is 1. The average Bonchev–Trinajstić information content (AvgIpc) is 2.77. The average molecular weight is 413 g/mol. The Bertz CT molecular complexity index is 900. The van der Waals surface area contributed by atoms with Crippen LogP contribution in [0.25, 0.3) is 10.9 Å². The number of hydrogen-bond donors (Lipinski definition) is 0. The summed E-state index contributed by atoms with van der Waals surface area (Å²) < 4.78 is 17.1. The van der Waals surface area contributed by atoms with Gasteiger partial charge in [0.1, 0.15) is 5.56 Å². The minimum absolute atomic E-state index is 0.271. The number of fused-ring (bicyclic) bond motifs is 1. The molecule has 0 atom stereocenters. The highest BCUT2D eigenvalue weighted by molar-refractivity contribution is 6.06. The summed E-state index contributed by atoms with van der Waals surface area (Å²) in [6.45, 7) is 9.67. The number of hydrogen-bond acceptors (Lipinski definition) is 6. The second kappa shape index (κ2) is 9.31. The molecule has 0 radical (unpaired) electrons. The van der Waals surface area contributed by atoms with Crippen molar-refractivity contribution < 1.29 is 19.0 Å². The molecule has 0 aliphatic carbocycles. The van der Waals surface area contributed by atoms with Crippen LogP contribution in [0.1, 0.15) is 54.1 Å². The van der Waals surface area contributed by atoms with Crippen molar-refractivity contribution >= 4 is 22.6 Å². The van der Waals surface area contributed by atoms with E-state index in [1.165, 1.54) is 5.56 Å². The van der Waals surface area contributed by atoms with Crippen LogP contribution in [0.5, 0.6) is 0 Å². The maximum Gasteiger partial charge on any atom is 0.341 e. The fourth-order valence-electron chi connectivity index (χ4n) is 4.49. The van der Waals surface area contributed by atoms with Gasteiger partial charge < -0.3 is 19.1 Å². The van der Waals surface area contributed by atoms with Crippen LogP contribution in [0.4, 0.5) is 5.69 Å². The molecule has 0 spiro atoms. The van der Waals surface area contributed by atoms with Gasteiger partial charge in [0.2, 0.25) is 0 Å². The van der Waals surface area contributed by atoms with Crippen molar-refractivity contribution in [2.24, 2.45) is 0 Å². The molecule has 0 N–H and O–H groups in total. The summed E-state index contributed by atoms with van der Waals surface area (Å²) in [5.74, 6) is -0.305. The lowest BCUT2D eigenvalue weighted by atomic mass is 9.99. The molecule has 6 nitrogen and oxygen atoms in total. The minimum Gasteiger partial charge on any atom is -0.462 e. The Morgan fingerprint density at radius 2 is 1.83 bits per heavy atom. The Kier molecular flexibility index (Phi) is 6.54. The third-order valence-corrected chi connectivity index (χ3v) is 6.34. The molecule has 162 valence electrons. The van der Waals surface area contributed by atoms with Gasteiger partial charge in [-0.1, -0.05) is 12.1 Å². The first-order valence-corrected chi connectivity index (χ1v) is 11.1. The molecule has 0 unspecified atom stereocenters. The van der Waals surface area contributed by atoms with Crippen LogP contribution in [0, 0.1) is 13.8 Å². The molecule has 0 saturated carbocycles. The van der Waals surface area contributed by atoms with Crippen molar-refractivity contribution in [3.8, 4) is 0 Å². The SMILES string of the molecule is CCOC(=O)c1cnc2c(C)c(C)ccc2c1N1CCC(OC2CCOCC2)CC1. The molecular formula is C24H32N2O4. The molecule has 6 heteroatoms. The van der Waals surface area contributed by atoms with Crippen molar-refractivity contribution in [1.82, 2.24) is 4.98 Å². The summed E-state index contributed by atoms with van der Waals surface area (Å²) in [5, 5.41) is 1.02. The molecule has 2 aliphatic heterocycles. The van der Waals surface area contributed by atoms with E-state index in [4.69, 9.17) is 14.2 Å². The summed E-state index contributed by atoms with van der Waals surface area (Å²) in [7, 11) is 0. The Labute approximate surface area is 178 Å². The van der Waals surface area contributed by atoms with E-state index in [9.17, 15) is 4.79 Å². The predicted molar refractivity (Wildman–Crippen MR) is 117 cm³/mol. The number of rotatable bonds is 5. The molecule has 3 heterocycles. The third kappa shape index (κ3) is 4.30. The molecule has 2 aliphatic rings. The van der Waals surface area contributed by atoms with Crippen molar-refractivity contribution in [2.45, 2.75) is 58.7 Å². The molecule has 2 saturated heterocycles. The number of pyridine rings is 1. The van der Waals surface area contributed by atoms with Gasteiger partial charge in [-0.2, -0.15) is 0 Å². The summed E-state index contributed by atoms with van der Waals surface area (Å²) in [4.78, 5) is 19.6. The predicted octanol–water partition coefficient (Wildman–Crippen LogP) is 4.19. The van der Waals surface area contributed by atoms with Crippen LogP contribution in [-0.2, 0) is 14.2 Å². The number of carbonyl (C=O) groups excluding carboxylic acids is 1. The zero-order valence-electron chi connectivity index (χ0n) is 18.3. The first-order valence-electron chi connectivity index (χ1n) is 11.1. The van der Waals surface area contributed by atoms with Gasteiger partial charge in [0, 0.05) is 37.9 Å². The third-order valence-electron chi connectivity index (χ3n) is 6.34. The smallest absolute Gasteiger partial charge is 0.341 e. The van der Waals surface area contributed by atoms with E-state index in [0.717, 1.165) is 74.1 Å². The van der Waals surface area contributed by atoms with E-state index in [1.807, 2.05) is 6.92 Å². The summed E-state index contributed by atoms with van der Waals surface area (Å²) in [6, 6.07) is 4.20. The quantitative estimate of drug-likeness (QED) is 0.686. The van der Waals surface area contributed by atoms with Crippen molar-refractivity contribution in [1.29, 1.82) is 0 Å². The molecule has 2 fully saturated rings. The molecule has 4 rings (SSSR count). The zero-order valence-corrected chi connectivity index (χ0v) is 18.3. The number of nitrogens with zero attached hydrogens (tertiary/aromatic N) is 2. The molecule has 1 aromatic carbocycles. The van der Waals surface area contributed by atoms with Gasteiger partial charge in [0.05, 0.1) is 30.0 Å². The maximum atomic E-state index is 12.7. The van der Waals surface area contributed by atoms with Crippen LogP contribution in [-0.4, -0.2) is 56.1 Å². The number of aromatic nitrogens is 1. The van der Waals surface area contributed by atoms with Gasteiger partial charge >= 0.3 is 5.97 Å². The van der Waals surface area contributed by atoms with E-state index in [-0.39, 0.29) is 12.1 Å². The summed E-state index contributed by atoms with van der Waals surface area (Å²) in [6.07, 6.45) is 6.15. The topological polar surface area (TPSA) is 60.9 Å². The molecular weight excluding hydrogens is 380 g/mol. The Balaban J connectivity index is 1.59. The van der Waals surface area contributed by atoms with Crippen LogP contribution >= 0.6 is 0 Å². The molecule has 1 aromatic heterocycles. The zero-order chi connectivity index (χ0) is 21.1. The van der Waals surface area contributed by atoms with Gasteiger partial charge in [0.15, 0.2) is 0 Å². The molecule has 2 aromatic rings. The van der Waals surface area contributed by atoms with E-state index in [1.54, 1.807) is 6.20 Å². The number of piperidine rings is 1. The van der Waals surface area contributed by atoms with Gasteiger partial charge in [-0.05, 0) is 57.6 Å². The number of aryl methyl sites for hydroxylation is 2. The van der Waals surface area contributed by atoms with Gasteiger partial charge in [0.25, 0.3) is 0 Å². The second-order valence-electron chi connectivity index (χ2n) is 8.28. The monoisotopic (exact) mass is 412 g/mol. The van der Waals surface area contributed by atoms with E-state index in [0.29, 0.717) is 18.3 Å². The van der Waals surface area contributed by atoms with Crippen LogP contribution in [0.2, 0.25) is 0 Å². The molecule has 30 heavy (non-hydrogen) atoms. The lowest BCUT2D eigenvalue weighted by molar-refractivity contribution is -0.0743. The summed E-state index contributed by atoms with van der Waals surface area (Å²) >= 11 is 0. The Morgan fingerprint density at radius 1 is 1.13 bits per heavy atom. The largest absolute Gasteiger partial charge is 0.462 e. The highest BCUT2D eigenvalue weighted by Gasteiger charge is 2.28. The van der Waals surface area contributed by atoms with Crippen molar-refractivity contribution in [3.05, 3.63) is 35.0 Å². The highest BCUT2D eigenvalue weighted by atomic mass is 16.5. The van der Waals surface area contributed by atoms with Gasteiger partial charge in [-0.3, -0.25) is 4.98 Å². The van der Waals surface area contributed by atoms with Crippen molar-refractivity contribution in [2.75, 3.05) is 37.8 Å². The van der Waals surface area contributed by atoms with Crippen LogP contribution in [0.3, 0.4) is 0 Å². The van der Waals surface area contributed by atoms with Crippen molar-refractivity contribution in [3.63, 3.8) is 0 Å². The maximum absolute atomic E-state index is 12.7. The minimum atomic E-state index is -0.305. The van der Waals surface area contributed by atoms with E-state index in [2.05, 4.69) is 35.9 Å². The van der Waals surface area contributed by atoms with Crippen LogP contribution in [0.15, 0.2) is 18.3 Å². The Hall–Kier alpha value is -2.18. The van der Waals surface area contributed by atoms with E-state index >= 15 is 0 Å². The second-order valence-corrected chi connectivity index (χ2v) is 8.28. The number of benzene rings is 1. The number of esters is 1. The normalized spacial score (nSPS) is 18.7. The molecule has 0 bridgehead atoms. The number of anilines is 1. The fraction of sp³-hybridized carbons (Fsp3) is 0.583. The lowest BCUT2D eigenvalue weighted by Gasteiger charge is -2.37. The van der Waals surface area contributed by atoms with Crippen LogP contribution < -0.4 is 4.90 Å². The van der Waals surface area contributed by atoms with E-state index < -0.39 is 0 Å². The first kappa shape index (κ1) is 21.1. The number of ether oxygens (including phenoxy) is 3. The Morgan fingerprint density at radius 3 is 2.53 bits per heavy atom. The van der Waals surface area contributed by atoms with Gasteiger partial charge in [-0.15, -0.1) is 0 Å².